The van der Waals surface area contributed by atoms with Gasteiger partial charge in [0.05, 0.1) is 0 Å². The molecule has 2 rings (SSSR count). The molecule has 5 nitrogen and oxygen atoms in total. The number of nitrogens with zero attached hydrogens (tertiary/aromatic N) is 1. The summed E-state index contributed by atoms with van der Waals surface area (Å²) in [5.74, 6) is 0.377. The second kappa shape index (κ2) is 8.36. The second-order valence-corrected chi connectivity index (χ2v) is 7.16. The quantitative estimate of drug-likeness (QED) is 0.779. The molecule has 1 N–H and O–H groups in total. The summed E-state index contributed by atoms with van der Waals surface area (Å²) in [5, 5.41) is 2.84. The van der Waals surface area contributed by atoms with E-state index >= 15 is 0 Å². The lowest BCUT2D eigenvalue weighted by molar-refractivity contribution is -0.122. The number of benzene rings is 2. The molecule has 0 bridgehead atoms. The number of rotatable bonds is 5. The van der Waals surface area contributed by atoms with Crippen molar-refractivity contribution >= 4 is 39.1 Å². The van der Waals surface area contributed by atoms with Crippen LogP contribution in [0.1, 0.15) is 25.0 Å². The first-order chi connectivity index (χ1) is 12.2. The van der Waals surface area contributed by atoms with Crippen molar-refractivity contribution in [3.05, 3.63) is 52.0 Å². The minimum atomic E-state index is -0.664. The van der Waals surface area contributed by atoms with Crippen molar-refractivity contribution in [2.45, 2.75) is 33.8 Å². The highest BCUT2D eigenvalue weighted by atomic mass is 79.9. The van der Waals surface area contributed by atoms with E-state index in [1.165, 1.54) is 11.8 Å². The molecule has 2 aromatic carbocycles. The van der Waals surface area contributed by atoms with Crippen LogP contribution in [-0.2, 0) is 9.59 Å². The maximum Gasteiger partial charge on any atom is 0.265 e. The molecule has 0 fully saturated rings. The third-order valence-corrected chi connectivity index (χ3v) is 4.52. The van der Waals surface area contributed by atoms with Gasteiger partial charge in [-0.25, -0.2) is 0 Å². The number of carbonyl (C=O) groups is 2. The lowest BCUT2D eigenvalue weighted by atomic mass is 10.1. The number of anilines is 2. The van der Waals surface area contributed by atoms with Crippen LogP contribution < -0.4 is 15.0 Å². The minimum absolute atomic E-state index is 0.0774. The van der Waals surface area contributed by atoms with E-state index in [0.717, 1.165) is 15.6 Å². The molecule has 0 heterocycles. The van der Waals surface area contributed by atoms with Crippen molar-refractivity contribution < 1.29 is 14.3 Å². The Morgan fingerprint density at radius 2 is 1.77 bits per heavy atom. The fourth-order valence-electron chi connectivity index (χ4n) is 2.53. The molecule has 0 saturated carbocycles. The molecule has 1 unspecified atom stereocenters. The summed E-state index contributed by atoms with van der Waals surface area (Å²) in [6, 6.07) is 11.0. The van der Waals surface area contributed by atoms with Crippen molar-refractivity contribution in [3.63, 3.8) is 0 Å². The fraction of sp³-hybridized carbons (Fsp3) is 0.300. The standard InChI is InChI=1S/C20H23BrN2O3/c1-12-9-16(21)10-13(2)19(12)26-14(3)20(25)22-17-7-6-8-18(11-17)23(5)15(4)24/h6-11,14H,1-5H3,(H,22,25). The van der Waals surface area contributed by atoms with Crippen LogP contribution in [0.3, 0.4) is 0 Å². The van der Waals surface area contributed by atoms with E-state index in [0.29, 0.717) is 17.1 Å². The Hall–Kier alpha value is -2.34. The summed E-state index contributed by atoms with van der Waals surface area (Å²) in [5.41, 5.74) is 3.24. The number of ether oxygens (including phenoxy) is 1. The van der Waals surface area contributed by atoms with Crippen LogP contribution in [-0.4, -0.2) is 25.0 Å². The van der Waals surface area contributed by atoms with Crippen LogP contribution in [0.5, 0.6) is 5.75 Å². The number of nitrogens with one attached hydrogen (secondary N) is 1. The van der Waals surface area contributed by atoms with Gasteiger partial charge in [-0.3, -0.25) is 9.59 Å². The highest BCUT2D eigenvalue weighted by Crippen LogP contribution is 2.28. The maximum absolute atomic E-state index is 12.5. The smallest absolute Gasteiger partial charge is 0.265 e. The summed E-state index contributed by atoms with van der Waals surface area (Å²) in [6.07, 6.45) is -0.664. The van der Waals surface area contributed by atoms with Gasteiger partial charge in [0.15, 0.2) is 6.10 Å². The molecular weight excluding hydrogens is 396 g/mol. The summed E-state index contributed by atoms with van der Waals surface area (Å²) < 4.78 is 6.86. The van der Waals surface area contributed by atoms with Gasteiger partial charge in [-0.05, 0) is 62.2 Å². The molecule has 0 aliphatic carbocycles. The van der Waals surface area contributed by atoms with Crippen molar-refractivity contribution in [1.82, 2.24) is 0 Å². The highest BCUT2D eigenvalue weighted by Gasteiger charge is 2.18. The van der Waals surface area contributed by atoms with Gasteiger partial charge in [0.1, 0.15) is 5.75 Å². The summed E-state index contributed by atoms with van der Waals surface area (Å²) in [6.45, 7) is 7.09. The van der Waals surface area contributed by atoms with E-state index in [4.69, 9.17) is 4.74 Å². The second-order valence-electron chi connectivity index (χ2n) is 6.25. The third kappa shape index (κ3) is 4.85. The van der Waals surface area contributed by atoms with Gasteiger partial charge in [-0.15, -0.1) is 0 Å². The number of halogens is 1. The zero-order chi connectivity index (χ0) is 19.4. The zero-order valence-electron chi connectivity index (χ0n) is 15.6. The number of hydrogen-bond acceptors (Lipinski definition) is 3. The molecule has 0 spiro atoms. The molecule has 0 aliphatic rings. The molecule has 0 aromatic heterocycles. The van der Waals surface area contributed by atoms with E-state index in [2.05, 4.69) is 21.2 Å². The van der Waals surface area contributed by atoms with Crippen molar-refractivity contribution in [1.29, 1.82) is 0 Å². The van der Waals surface area contributed by atoms with Crippen LogP contribution in [0.15, 0.2) is 40.9 Å². The van der Waals surface area contributed by atoms with Crippen LogP contribution in [0, 0.1) is 13.8 Å². The SMILES string of the molecule is CC(=O)N(C)c1cccc(NC(=O)C(C)Oc2c(C)cc(Br)cc2C)c1. The Balaban J connectivity index is 2.11. The predicted molar refractivity (Wildman–Crippen MR) is 108 cm³/mol. The van der Waals surface area contributed by atoms with Gasteiger partial charge in [0, 0.05) is 29.8 Å². The Labute approximate surface area is 162 Å². The highest BCUT2D eigenvalue weighted by molar-refractivity contribution is 9.10. The molecule has 0 aliphatic heterocycles. The predicted octanol–water partition coefficient (Wildman–Crippen LogP) is 4.45. The molecule has 1 atom stereocenters. The average Bonchev–Trinajstić information content (AvgIpc) is 2.57. The molecular formula is C20H23BrN2O3. The topological polar surface area (TPSA) is 58.6 Å². The monoisotopic (exact) mass is 418 g/mol. The van der Waals surface area contributed by atoms with E-state index < -0.39 is 6.10 Å². The largest absolute Gasteiger partial charge is 0.480 e. The zero-order valence-corrected chi connectivity index (χ0v) is 17.2. The van der Waals surface area contributed by atoms with Crippen molar-refractivity contribution in [3.8, 4) is 5.75 Å². The number of hydrogen-bond donors (Lipinski definition) is 1. The summed E-state index contributed by atoms with van der Waals surface area (Å²) in [7, 11) is 1.69. The van der Waals surface area contributed by atoms with Crippen LogP contribution in [0.4, 0.5) is 11.4 Å². The Bertz CT molecular complexity index is 813. The lowest BCUT2D eigenvalue weighted by Gasteiger charge is -2.19. The first-order valence-electron chi connectivity index (χ1n) is 8.27. The van der Waals surface area contributed by atoms with Crippen molar-refractivity contribution in [2.75, 3.05) is 17.3 Å². The van der Waals surface area contributed by atoms with E-state index in [-0.39, 0.29) is 11.8 Å². The fourth-order valence-corrected chi connectivity index (χ4v) is 3.22. The van der Waals surface area contributed by atoms with Crippen LogP contribution in [0.2, 0.25) is 0 Å². The molecule has 0 saturated heterocycles. The molecule has 2 amide bonds. The Morgan fingerprint density at radius 1 is 1.15 bits per heavy atom. The average molecular weight is 419 g/mol. The Morgan fingerprint density at radius 3 is 2.35 bits per heavy atom. The summed E-state index contributed by atoms with van der Waals surface area (Å²) >= 11 is 3.45. The van der Waals surface area contributed by atoms with Crippen LogP contribution in [0.25, 0.3) is 0 Å². The first-order valence-corrected chi connectivity index (χ1v) is 9.07. The van der Waals surface area contributed by atoms with Crippen molar-refractivity contribution in [2.24, 2.45) is 0 Å². The molecule has 2 aromatic rings. The first kappa shape index (κ1) is 20.0. The van der Waals surface area contributed by atoms with Crippen LogP contribution >= 0.6 is 15.9 Å². The van der Waals surface area contributed by atoms with Gasteiger partial charge >= 0.3 is 0 Å². The van der Waals surface area contributed by atoms with Gasteiger partial charge in [-0.2, -0.15) is 0 Å². The number of amides is 2. The minimum Gasteiger partial charge on any atom is -0.480 e. The van der Waals surface area contributed by atoms with E-state index in [9.17, 15) is 9.59 Å². The normalized spacial score (nSPS) is 11.6. The molecule has 138 valence electrons. The van der Waals surface area contributed by atoms with Gasteiger partial charge in [0.25, 0.3) is 5.91 Å². The number of carbonyl (C=O) groups excluding carboxylic acids is 2. The van der Waals surface area contributed by atoms with Gasteiger partial charge < -0.3 is 15.0 Å². The summed E-state index contributed by atoms with van der Waals surface area (Å²) in [4.78, 5) is 25.5. The molecule has 26 heavy (non-hydrogen) atoms. The third-order valence-electron chi connectivity index (χ3n) is 4.06. The lowest BCUT2D eigenvalue weighted by Crippen LogP contribution is -2.30. The molecule has 0 radical (unpaired) electrons. The van der Waals surface area contributed by atoms with E-state index in [1.54, 1.807) is 32.2 Å². The number of aryl methyl sites for hydroxylation is 2. The van der Waals surface area contributed by atoms with Gasteiger partial charge in [-0.1, -0.05) is 22.0 Å². The molecule has 6 heteroatoms. The van der Waals surface area contributed by atoms with E-state index in [1.807, 2.05) is 32.0 Å². The Kier molecular flexibility index (Phi) is 6.42. The van der Waals surface area contributed by atoms with Gasteiger partial charge in [0.2, 0.25) is 5.91 Å². The maximum atomic E-state index is 12.5.